The van der Waals surface area contributed by atoms with E-state index in [1.54, 1.807) is 11.3 Å². The number of carbonyl (C=O) groups is 1. The zero-order valence-electron chi connectivity index (χ0n) is 17.1. The lowest BCUT2D eigenvalue weighted by molar-refractivity contribution is -0.113. The molecule has 0 aliphatic heterocycles. The Balaban J connectivity index is 1.69. The zero-order valence-corrected chi connectivity index (χ0v) is 18.7. The number of fused-ring (bicyclic) bond motifs is 1. The molecule has 0 saturated carbocycles. The number of nitrogens with zero attached hydrogens (tertiary/aromatic N) is 1. The molecule has 1 amide bonds. The molecule has 28 heavy (non-hydrogen) atoms. The molecule has 0 unspecified atom stereocenters. The van der Waals surface area contributed by atoms with Gasteiger partial charge in [0.2, 0.25) is 5.91 Å². The van der Waals surface area contributed by atoms with Gasteiger partial charge in [-0.2, -0.15) is 5.26 Å². The van der Waals surface area contributed by atoms with E-state index in [0.717, 1.165) is 41.1 Å². The van der Waals surface area contributed by atoms with Gasteiger partial charge >= 0.3 is 0 Å². The summed E-state index contributed by atoms with van der Waals surface area (Å²) in [5.74, 6) is 0.934. The molecule has 3 nitrogen and oxygen atoms in total. The van der Waals surface area contributed by atoms with Crippen molar-refractivity contribution in [2.24, 2.45) is 11.3 Å². The SMILES string of the molecule is CCC(C)(C)[C@H]1CCc2c(sc(NC(=O)CSc3ccc(C)cc3)c2C#N)C1. The number of anilines is 1. The molecule has 1 heterocycles. The Hall–Kier alpha value is -1.77. The van der Waals surface area contributed by atoms with Crippen molar-refractivity contribution in [3.63, 3.8) is 0 Å². The Morgan fingerprint density at radius 2 is 2.07 bits per heavy atom. The topological polar surface area (TPSA) is 52.9 Å². The van der Waals surface area contributed by atoms with Gasteiger partial charge in [0.1, 0.15) is 11.1 Å². The molecule has 1 aromatic heterocycles. The van der Waals surface area contributed by atoms with Gasteiger partial charge in [0.25, 0.3) is 0 Å². The summed E-state index contributed by atoms with van der Waals surface area (Å²) in [5, 5.41) is 13.4. The first-order chi connectivity index (χ1) is 13.3. The van der Waals surface area contributed by atoms with Crippen molar-refractivity contribution in [3.05, 3.63) is 45.8 Å². The number of aryl methyl sites for hydroxylation is 1. The van der Waals surface area contributed by atoms with Crippen LogP contribution in [0, 0.1) is 29.6 Å². The van der Waals surface area contributed by atoms with E-state index in [1.807, 2.05) is 12.1 Å². The summed E-state index contributed by atoms with van der Waals surface area (Å²) < 4.78 is 0. The van der Waals surface area contributed by atoms with Gasteiger partial charge in [-0.25, -0.2) is 0 Å². The summed E-state index contributed by atoms with van der Waals surface area (Å²) >= 11 is 3.13. The Kier molecular flexibility index (Phi) is 6.52. The monoisotopic (exact) mass is 412 g/mol. The quantitative estimate of drug-likeness (QED) is 0.575. The van der Waals surface area contributed by atoms with Gasteiger partial charge in [-0.1, -0.05) is 44.9 Å². The summed E-state index contributed by atoms with van der Waals surface area (Å²) in [5.41, 5.74) is 3.36. The van der Waals surface area contributed by atoms with Crippen molar-refractivity contribution in [2.45, 2.75) is 58.3 Å². The predicted octanol–water partition coefficient (Wildman–Crippen LogP) is 6.20. The number of amides is 1. The van der Waals surface area contributed by atoms with Crippen molar-refractivity contribution < 1.29 is 4.79 Å². The van der Waals surface area contributed by atoms with Crippen LogP contribution < -0.4 is 5.32 Å². The first-order valence-electron chi connectivity index (χ1n) is 9.88. The average molecular weight is 413 g/mol. The van der Waals surface area contributed by atoms with E-state index >= 15 is 0 Å². The maximum Gasteiger partial charge on any atom is 0.235 e. The van der Waals surface area contributed by atoms with Crippen LogP contribution in [-0.4, -0.2) is 11.7 Å². The van der Waals surface area contributed by atoms with Gasteiger partial charge in [0.05, 0.1) is 11.3 Å². The van der Waals surface area contributed by atoms with Crippen LogP contribution in [0.3, 0.4) is 0 Å². The highest BCUT2D eigenvalue weighted by molar-refractivity contribution is 8.00. The second kappa shape index (κ2) is 8.71. The molecule has 0 spiro atoms. The minimum atomic E-state index is -0.0499. The van der Waals surface area contributed by atoms with E-state index in [0.29, 0.717) is 22.6 Å². The lowest BCUT2D eigenvalue weighted by atomic mass is 9.69. The summed E-state index contributed by atoms with van der Waals surface area (Å²) in [4.78, 5) is 14.8. The Bertz CT molecular complexity index is 891. The van der Waals surface area contributed by atoms with E-state index < -0.39 is 0 Å². The summed E-state index contributed by atoms with van der Waals surface area (Å²) in [6.07, 6.45) is 4.24. The van der Waals surface area contributed by atoms with Gasteiger partial charge in [-0.05, 0) is 55.2 Å². The molecule has 1 aromatic carbocycles. The molecule has 148 valence electrons. The van der Waals surface area contributed by atoms with Crippen molar-refractivity contribution in [1.29, 1.82) is 5.26 Å². The molecule has 0 radical (unpaired) electrons. The second-order valence-corrected chi connectivity index (χ2v) is 10.4. The number of thioether (sulfide) groups is 1. The standard InChI is InChI=1S/C23H28N2OS2/c1-5-23(3,4)16-8-11-18-19(13-24)22(28-20(18)12-16)25-21(26)14-27-17-9-6-15(2)7-10-17/h6-7,9-10,16H,5,8,11-12,14H2,1-4H3,(H,25,26)/t16-/m0/s1. The zero-order chi connectivity index (χ0) is 20.3. The molecular weight excluding hydrogens is 384 g/mol. The van der Waals surface area contributed by atoms with Gasteiger partial charge < -0.3 is 5.32 Å². The molecule has 0 saturated heterocycles. The number of nitriles is 1. The number of thiophene rings is 1. The number of benzene rings is 1. The highest BCUT2D eigenvalue weighted by Gasteiger charge is 2.34. The normalized spacial score (nSPS) is 16.3. The van der Waals surface area contributed by atoms with E-state index in [1.165, 1.54) is 22.2 Å². The van der Waals surface area contributed by atoms with Crippen molar-refractivity contribution in [3.8, 4) is 6.07 Å². The van der Waals surface area contributed by atoms with E-state index in [-0.39, 0.29) is 5.91 Å². The lowest BCUT2D eigenvalue weighted by Crippen LogP contribution is -2.28. The Morgan fingerprint density at radius 3 is 2.71 bits per heavy atom. The fourth-order valence-electron chi connectivity index (χ4n) is 3.69. The fraction of sp³-hybridized carbons (Fsp3) is 0.478. The molecule has 1 N–H and O–H groups in total. The first-order valence-corrected chi connectivity index (χ1v) is 11.7. The van der Waals surface area contributed by atoms with Crippen LogP contribution in [0.4, 0.5) is 5.00 Å². The number of hydrogen-bond donors (Lipinski definition) is 1. The molecule has 1 atom stereocenters. The number of hydrogen-bond acceptors (Lipinski definition) is 4. The Morgan fingerprint density at radius 1 is 1.36 bits per heavy atom. The highest BCUT2D eigenvalue weighted by Crippen LogP contribution is 2.45. The molecule has 2 aromatic rings. The molecular formula is C23H28N2OS2. The van der Waals surface area contributed by atoms with E-state index in [4.69, 9.17) is 0 Å². The maximum absolute atomic E-state index is 12.5. The molecule has 0 bridgehead atoms. The smallest absolute Gasteiger partial charge is 0.235 e. The molecule has 1 aliphatic rings. The average Bonchev–Trinajstić information content (AvgIpc) is 3.03. The van der Waals surface area contributed by atoms with Gasteiger partial charge in [0, 0.05) is 9.77 Å². The highest BCUT2D eigenvalue weighted by atomic mass is 32.2. The maximum atomic E-state index is 12.5. The first kappa shape index (κ1) is 21.0. The third kappa shape index (κ3) is 4.61. The van der Waals surface area contributed by atoms with Crippen LogP contribution in [-0.2, 0) is 17.6 Å². The largest absolute Gasteiger partial charge is 0.316 e. The van der Waals surface area contributed by atoms with E-state index in [9.17, 15) is 10.1 Å². The van der Waals surface area contributed by atoms with Crippen molar-refractivity contribution >= 4 is 34.0 Å². The Labute approximate surface area is 176 Å². The van der Waals surface area contributed by atoms with Crippen LogP contribution in [0.5, 0.6) is 0 Å². The third-order valence-electron chi connectivity index (χ3n) is 6.04. The van der Waals surface area contributed by atoms with Gasteiger partial charge in [-0.3, -0.25) is 4.79 Å². The lowest BCUT2D eigenvalue weighted by Gasteiger charge is -2.36. The number of rotatable bonds is 6. The van der Waals surface area contributed by atoms with Crippen LogP contribution in [0.2, 0.25) is 0 Å². The summed E-state index contributed by atoms with van der Waals surface area (Å²) in [6.45, 7) is 8.98. The van der Waals surface area contributed by atoms with Crippen LogP contribution >= 0.6 is 23.1 Å². The second-order valence-electron chi connectivity index (χ2n) is 8.25. The summed E-state index contributed by atoms with van der Waals surface area (Å²) in [6, 6.07) is 10.5. The van der Waals surface area contributed by atoms with E-state index in [2.05, 4.69) is 51.2 Å². The molecule has 1 aliphatic carbocycles. The summed E-state index contributed by atoms with van der Waals surface area (Å²) in [7, 11) is 0. The minimum Gasteiger partial charge on any atom is -0.316 e. The minimum absolute atomic E-state index is 0.0499. The van der Waals surface area contributed by atoms with Crippen LogP contribution in [0.25, 0.3) is 0 Å². The van der Waals surface area contributed by atoms with Crippen molar-refractivity contribution in [1.82, 2.24) is 0 Å². The number of nitrogens with one attached hydrogen (secondary N) is 1. The third-order valence-corrected chi connectivity index (χ3v) is 8.22. The van der Waals surface area contributed by atoms with Crippen LogP contribution in [0.15, 0.2) is 29.2 Å². The van der Waals surface area contributed by atoms with Crippen molar-refractivity contribution in [2.75, 3.05) is 11.1 Å². The van der Waals surface area contributed by atoms with Gasteiger partial charge in [-0.15, -0.1) is 23.1 Å². The predicted molar refractivity (Wildman–Crippen MR) is 119 cm³/mol. The van der Waals surface area contributed by atoms with Gasteiger partial charge in [0.15, 0.2) is 0 Å². The molecule has 0 fully saturated rings. The molecule has 3 rings (SSSR count). The van der Waals surface area contributed by atoms with Crippen LogP contribution in [0.1, 0.15) is 55.2 Å². The molecule has 5 heteroatoms. The fourth-order valence-corrected chi connectivity index (χ4v) is 5.69. The number of carbonyl (C=O) groups excluding carboxylic acids is 1.